The molecule has 0 radical (unpaired) electrons. The van der Waals surface area contributed by atoms with E-state index in [0.29, 0.717) is 51.6 Å². The van der Waals surface area contributed by atoms with E-state index < -0.39 is 29.7 Å². The van der Waals surface area contributed by atoms with E-state index >= 15 is 0 Å². The molecule has 2 aliphatic heterocycles. The molecule has 17 heteroatoms. The topological polar surface area (TPSA) is 190 Å². The highest BCUT2D eigenvalue weighted by atomic mass is 35.5. The molecule has 16 nitrogen and oxygen atoms in total. The molecule has 3 aromatic carbocycles. The Bertz CT molecular complexity index is 2220. The predicted octanol–water partition coefficient (Wildman–Crippen LogP) is 2.98. The SMILES string of the molecule is CC(C)N1CCN(c2ccc(C[C@@H](C(=O)Nc3ccc4[nH]c(C(=O)O)cc4c3)N3CCN(c4cc(Cl)ccc4-n4cnnn4)C(=O)C3=O)cc2)C(=O)C1. The van der Waals surface area contributed by atoms with E-state index in [-0.39, 0.29) is 37.2 Å². The standard InChI is InChI=1S/C36H35ClN10O6/c1-21(2)43-11-12-44(32(48)19-43)26-7-3-22(4-8-26)15-31(33(49)39-25-6-9-27-23(16-25)17-28(40-27)36(52)53)46-14-13-45(34(50)35(46)51)30-18-24(37)5-10-29(30)47-20-38-41-42-47/h3-10,16-18,20-21,31,40H,11-15,19H2,1-2H3,(H,39,49)(H,52,53)/t31-/m0/s1. The first-order valence-electron chi connectivity index (χ1n) is 16.9. The molecule has 4 heterocycles. The lowest BCUT2D eigenvalue weighted by molar-refractivity contribution is -0.149. The van der Waals surface area contributed by atoms with Crippen molar-refractivity contribution in [2.75, 3.05) is 47.8 Å². The number of H-pyrrole nitrogens is 1. The number of halogens is 1. The Balaban J connectivity index is 1.16. The number of aromatic nitrogens is 5. The zero-order valence-electron chi connectivity index (χ0n) is 28.8. The van der Waals surface area contributed by atoms with Crippen molar-refractivity contribution < 1.29 is 29.1 Å². The zero-order valence-corrected chi connectivity index (χ0v) is 29.5. The molecule has 0 saturated carbocycles. The van der Waals surface area contributed by atoms with Crippen molar-refractivity contribution in [3.8, 4) is 5.69 Å². The molecule has 0 bridgehead atoms. The molecule has 2 aromatic heterocycles. The number of benzene rings is 3. The molecule has 5 aromatic rings. The molecule has 1 atom stereocenters. The van der Waals surface area contributed by atoms with Gasteiger partial charge in [-0.25, -0.2) is 4.79 Å². The molecular formula is C36H35ClN10O6. The molecule has 4 amide bonds. The summed E-state index contributed by atoms with van der Waals surface area (Å²) in [5, 5.41) is 24.4. The fourth-order valence-corrected chi connectivity index (χ4v) is 6.86. The number of nitrogens with one attached hydrogen (secondary N) is 2. The summed E-state index contributed by atoms with van der Waals surface area (Å²) in [5.41, 5.74) is 3.12. The lowest BCUT2D eigenvalue weighted by atomic mass is 10.0. The molecule has 7 rings (SSSR count). The number of carbonyl (C=O) groups is 5. The van der Waals surface area contributed by atoms with E-state index in [9.17, 15) is 29.1 Å². The van der Waals surface area contributed by atoms with Gasteiger partial charge in [-0.3, -0.25) is 24.1 Å². The lowest BCUT2D eigenvalue weighted by Gasteiger charge is -2.38. The summed E-state index contributed by atoms with van der Waals surface area (Å²) in [6.07, 6.45) is 1.42. The molecule has 0 spiro atoms. The number of carboxylic acids is 1. The number of aromatic amines is 1. The minimum atomic E-state index is -1.12. The maximum atomic E-state index is 14.1. The van der Waals surface area contributed by atoms with Crippen LogP contribution in [-0.4, -0.2) is 115 Å². The van der Waals surface area contributed by atoms with Crippen LogP contribution >= 0.6 is 11.6 Å². The summed E-state index contributed by atoms with van der Waals surface area (Å²) in [6.45, 7) is 5.78. The van der Waals surface area contributed by atoms with Crippen molar-refractivity contribution in [3.05, 3.63) is 89.3 Å². The summed E-state index contributed by atoms with van der Waals surface area (Å²) in [7, 11) is 0. The maximum Gasteiger partial charge on any atom is 0.352 e. The van der Waals surface area contributed by atoms with Gasteiger partial charge in [-0.2, -0.15) is 4.68 Å². The Morgan fingerprint density at radius 3 is 2.38 bits per heavy atom. The molecule has 53 heavy (non-hydrogen) atoms. The first-order chi connectivity index (χ1) is 25.5. The zero-order chi connectivity index (χ0) is 37.4. The van der Waals surface area contributed by atoms with E-state index in [0.717, 1.165) is 12.2 Å². The highest BCUT2D eigenvalue weighted by Crippen LogP contribution is 2.30. The van der Waals surface area contributed by atoms with Gasteiger partial charge in [-0.05, 0) is 84.4 Å². The van der Waals surface area contributed by atoms with Gasteiger partial charge in [0.1, 0.15) is 18.1 Å². The van der Waals surface area contributed by atoms with Crippen LogP contribution in [0.3, 0.4) is 0 Å². The first-order valence-corrected chi connectivity index (χ1v) is 17.3. The van der Waals surface area contributed by atoms with Crippen LogP contribution in [0.4, 0.5) is 17.1 Å². The largest absolute Gasteiger partial charge is 0.477 e. The summed E-state index contributed by atoms with van der Waals surface area (Å²) in [6, 6.07) is 17.5. The third-order valence-electron chi connectivity index (χ3n) is 9.53. The van der Waals surface area contributed by atoms with Crippen molar-refractivity contribution in [1.82, 2.24) is 35.0 Å². The maximum absolute atomic E-state index is 14.1. The molecule has 272 valence electrons. The average molecular weight is 739 g/mol. The molecular weight excluding hydrogens is 704 g/mol. The minimum absolute atomic E-state index is 0.00164. The van der Waals surface area contributed by atoms with E-state index in [2.05, 4.69) is 44.6 Å². The fourth-order valence-electron chi connectivity index (χ4n) is 6.69. The van der Waals surface area contributed by atoms with E-state index in [4.69, 9.17) is 11.6 Å². The van der Waals surface area contributed by atoms with Gasteiger partial charge in [0, 0.05) is 65.9 Å². The Morgan fingerprint density at radius 1 is 0.906 bits per heavy atom. The third kappa shape index (κ3) is 7.18. The van der Waals surface area contributed by atoms with Gasteiger partial charge in [0.05, 0.1) is 17.9 Å². The van der Waals surface area contributed by atoms with Crippen LogP contribution in [0.25, 0.3) is 16.6 Å². The Morgan fingerprint density at radius 2 is 1.68 bits per heavy atom. The van der Waals surface area contributed by atoms with Crippen LogP contribution in [0.5, 0.6) is 0 Å². The number of rotatable bonds is 10. The minimum Gasteiger partial charge on any atom is -0.477 e. The number of nitrogens with zero attached hydrogens (tertiary/aromatic N) is 8. The number of aromatic carboxylic acids is 1. The number of amides is 4. The number of anilines is 3. The number of tetrazole rings is 1. The monoisotopic (exact) mass is 738 g/mol. The number of carbonyl (C=O) groups excluding carboxylic acids is 4. The Hall–Kier alpha value is -6.13. The highest BCUT2D eigenvalue weighted by molar-refractivity contribution is 6.41. The van der Waals surface area contributed by atoms with Gasteiger partial charge in [0.2, 0.25) is 11.8 Å². The van der Waals surface area contributed by atoms with E-state index in [1.165, 1.54) is 26.9 Å². The van der Waals surface area contributed by atoms with Gasteiger partial charge in [0.25, 0.3) is 0 Å². The van der Waals surface area contributed by atoms with Gasteiger partial charge < -0.3 is 30.1 Å². The molecule has 3 N–H and O–H groups in total. The van der Waals surface area contributed by atoms with Crippen LogP contribution in [-0.2, 0) is 25.6 Å². The van der Waals surface area contributed by atoms with Crippen LogP contribution in [0.15, 0.2) is 73.1 Å². The van der Waals surface area contributed by atoms with Crippen molar-refractivity contribution in [2.45, 2.75) is 32.4 Å². The van der Waals surface area contributed by atoms with Crippen molar-refractivity contribution in [2.24, 2.45) is 0 Å². The van der Waals surface area contributed by atoms with Gasteiger partial charge >= 0.3 is 17.8 Å². The van der Waals surface area contributed by atoms with E-state index in [1.807, 2.05) is 24.3 Å². The molecule has 2 aliphatic rings. The number of carboxylic acid groups (broad SMARTS) is 1. The Kier molecular flexibility index (Phi) is 9.64. The van der Waals surface area contributed by atoms with Crippen molar-refractivity contribution in [3.63, 3.8) is 0 Å². The van der Waals surface area contributed by atoms with Crippen molar-refractivity contribution in [1.29, 1.82) is 0 Å². The van der Waals surface area contributed by atoms with Gasteiger partial charge in [-0.1, -0.05) is 23.7 Å². The summed E-state index contributed by atoms with van der Waals surface area (Å²) in [5.74, 6) is -3.43. The summed E-state index contributed by atoms with van der Waals surface area (Å²) < 4.78 is 1.36. The lowest BCUT2D eigenvalue weighted by Crippen LogP contribution is -2.60. The van der Waals surface area contributed by atoms with Crippen molar-refractivity contribution >= 4 is 69.2 Å². The molecule has 2 saturated heterocycles. The Labute approximate surface area is 307 Å². The van der Waals surface area contributed by atoms with Gasteiger partial charge in [-0.15, -0.1) is 5.10 Å². The average Bonchev–Trinajstić information content (AvgIpc) is 3.83. The molecule has 0 unspecified atom stereocenters. The van der Waals surface area contributed by atoms with Gasteiger partial charge in [0.15, 0.2) is 0 Å². The highest BCUT2D eigenvalue weighted by Gasteiger charge is 2.41. The normalized spacial score (nSPS) is 16.2. The predicted molar refractivity (Wildman–Crippen MR) is 195 cm³/mol. The summed E-state index contributed by atoms with van der Waals surface area (Å²) >= 11 is 6.31. The van der Waals surface area contributed by atoms with E-state index in [1.54, 1.807) is 41.3 Å². The second-order valence-electron chi connectivity index (χ2n) is 13.1. The quantitative estimate of drug-likeness (QED) is 0.180. The summed E-state index contributed by atoms with van der Waals surface area (Å²) in [4.78, 5) is 75.6. The van der Waals surface area contributed by atoms with Crippen LogP contribution in [0.2, 0.25) is 5.02 Å². The second-order valence-corrected chi connectivity index (χ2v) is 13.6. The fraction of sp³-hybridized carbons (Fsp3) is 0.278. The number of hydrogen-bond donors (Lipinski definition) is 3. The van der Waals surface area contributed by atoms with Crippen LogP contribution in [0, 0.1) is 0 Å². The molecule has 0 aliphatic carbocycles. The third-order valence-corrected chi connectivity index (χ3v) is 9.77. The number of fused-ring (bicyclic) bond motifs is 1. The second kappa shape index (κ2) is 14.5. The number of piperazine rings is 2. The van der Waals surface area contributed by atoms with Crippen LogP contribution < -0.4 is 15.1 Å². The molecule has 2 fully saturated rings. The van der Waals surface area contributed by atoms with Crippen LogP contribution in [0.1, 0.15) is 29.9 Å². The number of hydrogen-bond acceptors (Lipinski definition) is 9. The smallest absolute Gasteiger partial charge is 0.352 e. The first kappa shape index (κ1) is 35.3.